The van der Waals surface area contributed by atoms with E-state index in [2.05, 4.69) is 177 Å². The van der Waals surface area contributed by atoms with Crippen LogP contribution in [0.5, 0.6) is 0 Å². The fourth-order valence-corrected chi connectivity index (χ4v) is 8.73. The summed E-state index contributed by atoms with van der Waals surface area (Å²) in [5.74, 6) is 0.868. The number of pyridine rings is 2. The fourth-order valence-electron chi connectivity index (χ4n) is 8.73. The first-order valence-electron chi connectivity index (χ1n) is 18.0. The normalized spacial score (nSPS) is 12.2. The average molecular weight is 676 g/mol. The van der Waals surface area contributed by atoms with Gasteiger partial charge in [0, 0.05) is 60.7 Å². The smallest absolute Gasteiger partial charge is 0.138 e. The Morgan fingerprint density at radius 3 is 1.34 bits per heavy atom. The topological polar surface area (TPSA) is 40.6 Å². The number of benzene rings is 7. The summed E-state index contributed by atoms with van der Waals surface area (Å²) in [4.78, 5) is 10.2. The molecule has 12 rings (SSSR count). The molecule has 0 saturated heterocycles. The van der Waals surface area contributed by atoms with Gasteiger partial charge >= 0.3 is 0 Å². The third-order valence-corrected chi connectivity index (χ3v) is 11.0. The Bertz CT molecular complexity index is 3270. The van der Waals surface area contributed by atoms with Crippen molar-refractivity contribution in [3.05, 3.63) is 176 Å². The first kappa shape index (κ1) is 28.5. The van der Waals surface area contributed by atoms with Crippen molar-refractivity contribution in [3.8, 4) is 17.2 Å². The predicted molar refractivity (Wildman–Crippen MR) is 220 cm³/mol. The van der Waals surface area contributed by atoms with Gasteiger partial charge in [-0.05, 0) is 78.9 Å². The van der Waals surface area contributed by atoms with E-state index in [0.717, 1.165) is 50.0 Å². The Labute approximate surface area is 303 Å². The van der Waals surface area contributed by atoms with Crippen molar-refractivity contribution in [1.82, 2.24) is 23.7 Å². The van der Waals surface area contributed by atoms with E-state index >= 15 is 0 Å². The zero-order valence-corrected chi connectivity index (χ0v) is 28.5. The summed E-state index contributed by atoms with van der Waals surface area (Å²) in [7, 11) is 0. The van der Waals surface area contributed by atoms with Gasteiger partial charge in [0.25, 0.3) is 0 Å². The summed E-state index contributed by atoms with van der Waals surface area (Å²) < 4.78 is 7.17. The van der Waals surface area contributed by atoms with Crippen molar-refractivity contribution in [2.45, 2.75) is 0 Å². The van der Waals surface area contributed by atoms with E-state index in [-0.39, 0.29) is 0 Å². The summed E-state index contributed by atoms with van der Waals surface area (Å²) in [6.45, 7) is 0. The molecular weight excluding hydrogens is 647 g/mol. The van der Waals surface area contributed by atoms with Gasteiger partial charge in [0.2, 0.25) is 0 Å². The molecule has 53 heavy (non-hydrogen) atoms. The van der Waals surface area contributed by atoms with Gasteiger partial charge in [-0.25, -0.2) is 4.98 Å². The van der Waals surface area contributed by atoms with E-state index in [4.69, 9.17) is 9.97 Å². The highest BCUT2D eigenvalue weighted by Crippen LogP contribution is 2.43. The van der Waals surface area contributed by atoms with Gasteiger partial charge in [-0.15, -0.1) is 0 Å². The SMILES string of the molecule is c1ccc(-n2c3ccccc3c3cc4c(cc32)c2cc3c(cc2n4-c2ccc4ccc5cccnc5c4n2)c2ccccc2n3-c2ccccc2)cc1. The summed E-state index contributed by atoms with van der Waals surface area (Å²) in [5.41, 5.74) is 11.1. The van der Waals surface area contributed by atoms with Crippen LogP contribution < -0.4 is 0 Å². The Morgan fingerprint density at radius 2 is 0.774 bits per heavy atom. The van der Waals surface area contributed by atoms with Gasteiger partial charge in [0.15, 0.2) is 0 Å². The maximum atomic E-state index is 5.43. The van der Waals surface area contributed by atoms with E-state index in [1.165, 1.54) is 54.4 Å². The van der Waals surface area contributed by atoms with Crippen LogP contribution in [0.1, 0.15) is 0 Å². The molecule has 0 unspecified atom stereocenters. The van der Waals surface area contributed by atoms with Crippen molar-refractivity contribution < 1.29 is 0 Å². The maximum Gasteiger partial charge on any atom is 0.138 e. The van der Waals surface area contributed by atoms with Crippen LogP contribution in [0.4, 0.5) is 0 Å². The van der Waals surface area contributed by atoms with Crippen LogP contribution in [0.25, 0.3) is 104 Å². The number of para-hydroxylation sites is 4. The van der Waals surface area contributed by atoms with Gasteiger partial charge in [0.05, 0.1) is 44.1 Å². The molecule has 0 spiro atoms. The van der Waals surface area contributed by atoms with Crippen LogP contribution in [0.15, 0.2) is 176 Å². The van der Waals surface area contributed by atoms with Crippen LogP contribution in [0.3, 0.4) is 0 Å². The molecule has 246 valence electrons. The van der Waals surface area contributed by atoms with Crippen molar-refractivity contribution in [3.63, 3.8) is 0 Å². The minimum Gasteiger partial charge on any atom is -0.309 e. The number of hydrogen-bond donors (Lipinski definition) is 0. The number of rotatable bonds is 3. The number of hydrogen-bond acceptors (Lipinski definition) is 2. The first-order chi connectivity index (χ1) is 26.3. The molecule has 0 aliphatic heterocycles. The third kappa shape index (κ3) is 3.96. The molecule has 5 heterocycles. The quantitative estimate of drug-likeness (QED) is 0.175. The highest BCUT2D eigenvalue weighted by atomic mass is 15.1. The number of aromatic nitrogens is 5. The van der Waals surface area contributed by atoms with Crippen LogP contribution in [0.2, 0.25) is 0 Å². The Kier molecular flexibility index (Phi) is 5.71. The minimum absolute atomic E-state index is 0.868. The highest BCUT2D eigenvalue weighted by molar-refractivity contribution is 6.23. The molecule has 5 nitrogen and oxygen atoms in total. The monoisotopic (exact) mass is 675 g/mol. The van der Waals surface area contributed by atoms with Gasteiger partial charge in [-0.2, -0.15) is 0 Å². The molecule has 0 amide bonds. The number of nitrogens with zero attached hydrogens (tertiary/aromatic N) is 5. The van der Waals surface area contributed by atoms with Crippen LogP contribution in [0, 0.1) is 0 Å². The van der Waals surface area contributed by atoms with Gasteiger partial charge in [0.1, 0.15) is 5.82 Å². The van der Waals surface area contributed by atoms with Crippen molar-refractivity contribution in [2.75, 3.05) is 0 Å². The van der Waals surface area contributed by atoms with Crippen molar-refractivity contribution in [1.29, 1.82) is 0 Å². The second-order valence-electron chi connectivity index (χ2n) is 13.9. The van der Waals surface area contributed by atoms with E-state index in [9.17, 15) is 0 Å². The molecule has 0 atom stereocenters. The van der Waals surface area contributed by atoms with E-state index < -0.39 is 0 Å². The summed E-state index contributed by atoms with van der Waals surface area (Å²) in [6, 6.07) is 61.1. The summed E-state index contributed by atoms with van der Waals surface area (Å²) in [5, 5.41) is 9.36. The van der Waals surface area contributed by atoms with Crippen LogP contribution >= 0.6 is 0 Å². The standard InChI is InChI=1S/C48H29N5/c1-3-13-32(14-4-1)51-40-19-9-7-17-34(40)36-26-44-38(28-42(36)51)39-29-43-37(35-18-8-10-20-41(35)52(43)33-15-5-2-6-16-33)27-45(39)53(44)46-24-23-31-22-21-30-12-11-25-49-47(30)48(31)50-46/h1-29H. The molecule has 0 N–H and O–H groups in total. The summed E-state index contributed by atoms with van der Waals surface area (Å²) in [6.07, 6.45) is 1.86. The number of fused-ring (bicyclic) bond motifs is 12. The highest BCUT2D eigenvalue weighted by Gasteiger charge is 2.22. The molecule has 12 aromatic rings. The maximum absolute atomic E-state index is 5.43. The molecule has 5 heteroatoms. The molecule has 0 aliphatic carbocycles. The second-order valence-corrected chi connectivity index (χ2v) is 13.9. The van der Waals surface area contributed by atoms with Crippen molar-refractivity contribution in [2.24, 2.45) is 0 Å². The molecule has 0 saturated carbocycles. The zero-order chi connectivity index (χ0) is 34.6. The lowest BCUT2D eigenvalue weighted by Gasteiger charge is -2.10. The molecule has 0 bridgehead atoms. The Balaban J connectivity index is 1.28. The third-order valence-electron chi connectivity index (χ3n) is 11.0. The lowest BCUT2D eigenvalue weighted by molar-refractivity contribution is 1.10. The van der Waals surface area contributed by atoms with Gasteiger partial charge in [-0.3, -0.25) is 9.55 Å². The van der Waals surface area contributed by atoms with Gasteiger partial charge < -0.3 is 9.13 Å². The Hall–Kier alpha value is -7.24. The summed E-state index contributed by atoms with van der Waals surface area (Å²) >= 11 is 0. The first-order valence-corrected chi connectivity index (χ1v) is 18.0. The molecule has 0 fully saturated rings. The lowest BCUT2D eigenvalue weighted by Crippen LogP contribution is -1.98. The van der Waals surface area contributed by atoms with Crippen molar-refractivity contribution >= 4 is 87.2 Å². The van der Waals surface area contributed by atoms with E-state index in [1.807, 2.05) is 12.3 Å². The molecule has 7 aromatic carbocycles. The van der Waals surface area contributed by atoms with E-state index in [0.29, 0.717) is 0 Å². The Morgan fingerprint density at radius 1 is 0.321 bits per heavy atom. The predicted octanol–water partition coefficient (Wildman–Crippen LogP) is 12.1. The molecule has 0 radical (unpaired) electrons. The van der Waals surface area contributed by atoms with Crippen LogP contribution in [-0.4, -0.2) is 23.7 Å². The second kappa shape index (κ2) is 10.6. The molecule has 5 aromatic heterocycles. The van der Waals surface area contributed by atoms with Crippen LogP contribution in [-0.2, 0) is 0 Å². The minimum atomic E-state index is 0.868. The fraction of sp³-hybridized carbons (Fsp3) is 0. The lowest BCUT2D eigenvalue weighted by atomic mass is 10.1. The molecule has 0 aliphatic rings. The molecular formula is C48H29N5. The zero-order valence-electron chi connectivity index (χ0n) is 28.5. The van der Waals surface area contributed by atoms with Gasteiger partial charge in [-0.1, -0.05) is 91.0 Å². The average Bonchev–Trinajstić information content (AvgIpc) is 3.84. The van der Waals surface area contributed by atoms with E-state index in [1.54, 1.807) is 0 Å². The largest absolute Gasteiger partial charge is 0.309 e.